The molecule has 0 bridgehead atoms. The molecule has 1 fully saturated rings. The molecule has 0 spiro atoms. The van der Waals surface area contributed by atoms with Crippen LogP contribution in [0.4, 0.5) is 10.1 Å². The predicted molar refractivity (Wildman–Crippen MR) is 123 cm³/mol. The van der Waals surface area contributed by atoms with Crippen molar-refractivity contribution in [1.82, 2.24) is 9.80 Å². The molecule has 3 aromatic rings. The lowest BCUT2D eigenvalue weighted by Crippen LogP contribution is -2.53. The number of benzene rings is 3. The Morgan fingerprint density at radius 2 is 1.42 bits per heavy atom. The highest BCUT2D eigenvalue weighted by molar-refractivity contribution is 6.35. The van der Waals surface area contributed by atoms with Gasteiger partial charge in [0.25, 0.3) is 5.91 Å². The zero-order valence-electron chi connectivity index (χ0n) is 18.3. The van der Waals surface area contributed by atoms with Crippen LogP contribution < -0.4 is 5.32 Å². The summed E-state index contributed by atoms with van der Waals surface area (Å²) >= 11 is 0. The number of hydrogen-bond donors (Lipinski definition) is 1. The van der Waals surface area contributed by atoms with Crippen LogP contribution in [0.25, 0.3) is 0 Å². The molecule has 33 heavy (non-hydrogen) atoms. The molecule has 0 radical (unpaired) electrons. The fraction of sp³-hybridized carbons (Fsp3) is 0.192. The smallest absolute Gasteiger partial charge is 0.312 e. The molecule has 3 amide bonds. The maximum Gasteiger partial charge on any atom is 0.312 e. The maximum atomic E-state index is 14.0. The van der Waals surface area contributed by atoms with Gasteiger partial charge in [0, 0.05) is 31.7 Å². The molecule has 0 atom stereocenters. The normalized spacial score (nSPS) is 13.9. The van der Waals surface area contributed by atoms with Gasteiger partial charge in [-0.15, -0.1) is 0 Å². The van der Waals surface area contributed by atoms with E-state index < -0.39 is 23.5 Å². The number of anilines is 1. The van der Waals surface area contributed by atoms with Crippen LogP contribution in [0.5, 0.6) is 0 Å². The number of nitrogens with one attached hydrogen (secondary N) is 1. The van der Waals surface area contributed by atoms with E-state index in [1.165, 1.54) is 17.0 Å². The fourth-order valence-electron chi connectivity index (χ4n) is 3.72. The number of hydrogen-bond acceptors (Lipinski definition) is 3. The molecule has 0 unspecified atom stereocenters. The lowest BCUT2D eigenvalue weighted by atomic mass is 10.1. The molecule has 1 heterocycles. The monoisotopic (exact) mass is 445 g/mol. The van der Waals surface area contributed by atoms with Gasteiger partial charge in [-0.05, 0) is 47.9 Å². The second-order valence-corrected chi connectivity index (χ2v) is 8.07. The van der Waals surface area contributed by atoms with Crippen molar-refractivity contribution >= 4 is 23.4 Å². The van der Waals surface area contributed by atoms with E-state index in [0.717, 1.165) is 16.7 Å². The fourth-order valence-corrected chi connectivity index (χ4v) is 3.72. The van der Waals surface area contributed by atoms with Crippen LogP contribution in [-0.4, -0.2) is 40.6 Å². The number of piperazine rings is 1. The van der Waals surface area contributed by atoms with Crippen molar-refractivity contribution in [3.63, 3.8) is 0 Å². The highest BCUT2D eigenvalue weighted by Gasteiger charge is 2.32. The zero-order valence-corrected chi connectivity index (χ0v) is 18.3. The van der Waals surface area contributed by atoms with Gasteiger partial charge >= 0.3 is 11.8 Å². The number of carbonyl (C=O) groups is 3. The minimum absolute atomic E-state index is 0.118. The van der Waals surface area contributed by atoms with Crippen molar-refractivity contribution in [3.05, 3.63) is 101 Å². The van der Waals surface area contributed by atoms with Gasteiger partial charge in [0.15, 0.2) is 0 Å². The van der Waals surface area contributed by atoms with Crippen molar-refractivity contribution in [1.29, 1.82) is 0 Å². The lowest BCUT2D eigenvalue weighted by molar-refractivity contribution is -0.156. The third-order valence-electron chi connectivity index (χ3n) is 5.58. The molecule has 1 aliphatic rings. The van der Waals surface area contributed by atoms with Crippen LogP contribution in [0, 0.1) is 12.7 Å². The minimum Gasteiger partial charge on any atom is -0.328 e. The summed E-state index contributed by atoms with van der Waals surface area (Å²) in [4.78, 5) is 40.7. The first-order chi connectivity index (χ1) is 15.9. The minimum atomic E-state index is -0.533. The van der Waals surface area contributed by atoms with E-state index in [1.807, 2.05) is 30.3 Å². The Morgan fingerprint density at radius 3 is 2.00 bits per heavy atom. The van der Waals surface area contributed by atoms with Crippen LogP contribution in [0.2, 0.25) is 0 Å². The van der Waals surface area contributed by atoms with E-state index in [0.29, 0.717) is 25.2 Å². The molecule has 1 aliphatic heterocycles. The third-order valence-corrected chi connectivity index (χ3v) is 5.58. The van der Waals surface area contributed by atoms with Crippen LogP contribution in [-0.2, 0) is 22.7 Å². The topological polar surface area (TPSA) is 69.7 Å². The van der Waals surface area contributed by atoms with E-state index in [1.54, 1.807) is 42.2 Å². The Labute approximate surface area is 191 Å². The van der Waals surface area contributed by atoms with Crippen molar-refractivity contribution in [2.45, 2.75) is 20.0 Å². The van der Waals surface area contributed by atoms with Gasteiger partial charge in [0.2, 0.25) is 0 Å². The highest BCUT2D eigenvalue weighted by Crippen LogP contribution is 2.18. The summed E-state index contributed by atoms with van der Waals surface area (Å²) < 4.78 is 14.0. The number of rotatable bonds is 6. The Hall–Kier alpha value is -4.00. The first-order valence-corrected chi connectivity index (χ1v) is 10.7. The summed E-state index contributed by atoms with van der Waals surface area (Å²) in [7, 11) is 0. The molecular formula is C26H24FN3O3. The molecule has 4 rings (SSSR count). The average molecular weight is 445 g/mol. The molecule has 3 aromatic carbocycles. The summed E-state index contributed by atoms with van der Waals surface area (Å²) in [6.07, 6.45) is 0. The van der Waals surface area contributed by atoms with Crippen LogP contribution in [0.1, 0.15) is 27.0 Å². The molecule has 6 nitrogen and oxygen atoms in total. The number of nitrogens with zero attached hydrogens (tertiary/aromatic N) is 2. The van der Waals surface area contributed by atoms with Gasteiger partial charge in [-0.2, -0.15) is 0 Å². The van der Waals surface area contributed by atoms with Gasteiger partial charge < -0.3 is 15.1 Å². The zero-order chi connectivity index (χ0) is 23.4. The Bertz CT molecular complexity index is 1180. The van der Waals surface area contributed by atoms with E-state index in [9.17, 15) is 18.8 Å². The van der Waals surface area contributed by atoms with Crippen molar-refractivity contribution in [2.24, 2.45) is 0 Å². The van der Waals surface area contributed by atoms with Gasteiger partial charge in [-0.3, -0.25) is 14.4 Å². The summed E-state index contributed by atoms with van der Waals surface area (Å²) in [5.74, 6) is -1.96. The number of halogens is 1. The Morgan fingerprint density at radius 1 is 0.848 bits per heavy atom. The summed E-state index contributed by atoms with van der Waals surface area (Å²) in [6, 6.07) is 20.9. The van der Waals surface area contributed by atoms with E-state index >= 15 is 0 Å². The highest BCUT2D eigenvalue weighted by atomic mass is 19.1. The SMILES string of the molecule is Cc1ccc(NC(=O)c2ccc(CN3CCN(Cc4ccccc4)C(=O)C3=O)cc2)c(F)c1. The van der Waals surface area contributed by atoms with Crippen LogP contribution in [0.3, 0.4) is 0 Å². The maximum absolute atomic E-state index is 14.0. The number of carbonyl (C=O) groups excluding carboxylic acids is 3. The molecule has 0 aromatic heterocycles. The molecule has 7 heteroatoms. The first kappa shape index (κ1) is 22.2. The Kier molecular flexibility index (Phi) is 6.49. The lowest BCUT2D eigenvalue weighted by Gasteiger charge is -2.33. The predicted octanol–water partition coefficient (Wildman–Crippen LogP) is 3.76. The quantitative estimate of drug-likeness (QED) is 0.588. The average Bonchev–Trinajstić information content (AvgIpc) is 2.82. The third kappa shape index (κ3) is 5.26. The Balaban J connectivity index is 1.35. The van der Waals surface area contributed by atoms with Gasteiger partial charge in [-0.1, -0.05) is 48.5 Å². The van der Waals surface area contributed by atoms with Crippen molar-refractivity contribution in [2.75, 3.05) is 18.4 Å². The summed E-state index contributed by atoms with van der Waals surface area (Å²) in [5.41, 5.74) is 3.03. The van der Waals surface area contributed by atoms with Gasteiger partial charge in [0.1, 0.15) is 5.82 Å². The first-order valence-electron chi connectivity index (χ1n) is 10.7. The van der Waals surface area contributed by atoms with E-state index in [-0.39, 0.29) is 12.2 Å². The largest absolute Gasteiger partial charge is 0.328 e. The molecule has 0 saturated carbocycles. The second-order valence-electron chi connectivity index (χ2n) is 8.07. The molecule has 1 N–H and O–H groups in total. The van der Waals surface area contributed by atoms with Crippen molar-refractivity contribution in [3.8, 4) is 0 Å². The van der Waals surface area contributed by atoms with Crippen LogP contribution >= 0.6 is 0 Å². The van der Waals surface area contributed by atoms with E-state index in [4.69, 9.17) is 0 Å². The molecule has 168 valence electrons. The van der Waals surface area contributed by atoms with Crippen LogP contribution in [0.15, 0.2) is 72.8 Å². The van der Waals surface area contributed by atoms with Gasteiger partial charge in [0.05, 0.1) is 5.69 Å². The number of aryl methyl sites for hydroxylation is 1. The molecule has 1 saturated heterocycles. The standard InChI is InChI=1S/C26H24FN3O3/c1-18-7-12-23(22(27)15-18)28-24(31)21-10-8-20(9-11-21)17-30-14-13-29(25(32)26(30)33)16-19-5-3-2-4-6-19/h2-12,15H,13-14,16-17H2,1H3,(H,28,31). The van der Waals surface area contributed by atoms with Gasteiger partial charge in [-0.25, -0.2) is 4.39 Å². The van der Waals surface area contributed by atoms with Crippen molar-refractivity contribution < 1.29 is 18.8 Å². The molecular weight excluding hydrogens is 421 g/mol. The molecule has 0 aliphatic carbocycles. The second kappa shape index (κ2) is 9.65. The summed E-state index contributed by atoms with van der Waals surface area (Å²) in [6.45, 7) is 3.35. The summed E-state index contributed by atoms with van der Waals surface area (Å²) in [5, 5.41) is 2.56. The number of amides is 3. The van der Waals surface area contributed by atoms with E-state index in [2.05, 4.69) is 5.32 Å².